The van der Waals surface area contributed by atoms with Crippen molar-refractivity contribution in [3.05, 3.63) is 54.1 Å². The number of aryl methyl sites for hydroxylation is 2. The summed E-state index contributed by atoms with van der Waals surface area (Å²) in [4.78, 5) is 27.6. The number of imidazole rings is 1. The van der Waals surface area contributed by atoms with E-state index in [1.165, 1.54) is 12.5 Å². The number of nitrogens with zero attached hydrogens (tertiary/aromatic N) is 2. The molecule has 0 saturated heterocycles. The number of rotatable bonds is 12. The van der Waals surface area contributed by atoms with Gasteiger partial charge in [0.05, 0.1) is 0 Å². The van der Waals surface area contributed by atoms with Crippen LogP contribution in [0.4, 0.5) is 0 Å². The van der Waals surface area contributed by atoms with Crippen molar-refractivity contribution in [1.82, 2.24) is 14.9 Å². The first-order chi connectivity index (χ1) is 13.6. The average molecular weight is 386 g/mol. The number of nitrogens with one attached hydrogen (secondary N) is 1. The van der Waals surface area contributed by atoms with Gasteiger partial charge in [-0.25, -0.2) is 4.98 Å². The molecule has 0 aliphatic carbocycles. The molecule has 1 amide bonds. The lowest BCUT2D eigenvalue weighted by molar-refractivity contribution is -0.150. The van der Waals surface area contributed by atoms with Gasteiger partial charge in [-0.3, -0.25) is 9.59 Å². The minimum absolute atomic E-state index is 0.0212. The molecule has 28 heavy (non-hydrogen) atoms. The normalized spacial score (nSPS) is 11.8. The van der Waals surface area contributed by atoms with E-state index in [9.17, 15) is 9.59 Å². The Labute approximate surface area is 167 Å². The van der Waals surface area contributed by atoms with Crippen molar-refractivity contribution in [3.63, 3.8) is 0 Å². The van der Waals surface area contributed by atoms with Gasteiger partial charge in [0.2, 0.25) is 5.91 Å². The van der Waals surface area contributed by atoms with Crippen molar-refractivity contribution in [3.8, 4) is 0 Å². The maximum Gasteiger partial charge on any atom is 0.306 e. The Balaban J connectivity index is 1.86. The van der Waals surface area contributed by atoms with E-state index in [-0.39, 0.29) is 18.0 Å². The van der Waals surface area contributed by atoms with E-state index in [0.717, 1.165) is 38.1 Å². The van der Waals surface area contributed by atoms with Crippen LogP contribution < -0.4 is 5.32 Å². The highest BCUT2D eigenvalue weighted by molar-refractivity contribution is 5.72. The monoisotopic (exact) mass is 385 g/mol. The van der Waals surface area contributed by atoms with E-state index in [4.69, 9.17) is 4.74 Å². The molecule has 0 aliphatic heterocycles. The summed E-state index contributed by atoms with van der Waals surface area (Å²) in [6.07, 6.45) is 7.74. The van der Waals surface area contributed by atoms with Gasteiger partial charge >= 0.3 is 5.97 Å². The number of carbonyl (C=O) groups excluding carboxylic acids is 2. The van der Waals surface area contributed by atoms with Gasteiger partial charge in [-0.05, 0) is 38.2 Å². The zero-order valence-corrected chi connectivity index (χ0v) is 16.9. The fraction of sp³-hybridized carbons (Fsp3) is 0.500. The Morgan fingerprint density at radius 1 is 1.18 bits per heavy atom. The molecule has 6 nitrogen and oxygen atoms in total. The van der Waals surface area contributed by atoms with Gasteiger partial charge in [-0.2, -0.15) is 0 Å². The predicted octanol–water partition coefficient (Wildman–Crippen LogP) is 3.82. The van der Waals surface area contributed by atoms with Gasteiger partial charge in [0.25, 0.3) is 0 Å². The summed E-state index contributed by atoms with van der Waals surface area (Å²) in [6.45, 7) is 5.00. The van der Waals surface area contributed by atoms with Gasteiger partial charge in [0.1, 0.15) is 5.82 Å². The lowest BCUT2D eigenvalue weighted by Gasteiger charge is -2.19. The number of benzene rings is 1. The number of amides is 1. The van der Waals surface area contributed by atoms with Gasteiger partial charge < -0.3 is 14.6 Å². The number of unbranched alkanes of at least 4 members (excludes halogenated alkanes) is 2. The van der Waals surface area contributed by atoms with E-state index in [2.05, 4.69) is 29.4 Å². The van der Waals surface area contributed by atoms with Crippen LogP contribution in [0.1, 0.15) is 63.4 Å². The van der Waals surface area contributed by atoms with E-state index >= 15 is 0 Å². The van der Waals surface area contributed by atoms with E-state index in [1.807, 2.05) is 29.0 Å². The topological polar surface area (TPSA) is 73.2 Å². The third-order valence-electron chi connectivity index (χ3n) is 4.62. The Kier molecular flexibility index (Phi) is 9.25. The summed E-state index contributed by atoms with van der Waals surface area (Å²) < 4.78 is 7.84. The summed E-state index contributed by atoms with van der Waals surface area (Å²) in [5, 5.41) is 2.76. The summed E-state index contributed by atoms with van der Waals surface area (Å²) in [5.74, 6) is 0.591. The second-order valence-electron chi connectivity index (χ2n) is 6.87. The third kappa shape index (κ3) is 7.55. The molecule has 0 unspecified atom stereocenters. The molecule has 152 valence electrons. The second-order valence-corrected chi connectivity index (χ2v) is 6.87. The highest BCUT2D eigenvalue weighted by Crippen LogP contribution is 2.23. The van der Waals surface area contributed by atoms with Crippen molar-refractivity contribution in [2.75, 3.05) is 6.54 Å². The van der Waals surface area contributed by atoms with E-state index < -0.39 is 0 Å². The second kappa shape index (κ2) is 12.0. The summed E-state index contributed by atoms with van der Waals surface area (Å²) in [7, 11) is 0. The smallest absolute Gasteiger partial charge is 0.306 e. The summed E-state index contributed by atoms with van der Waals surface area (Å²) in [6, 6.07) is 10.2. The fourth-order valence-corrected chi connectivity index (χ4v) is 3.11. The zero-order chi connectivity index (χ0) is 20.2. The Morgan fingerprint density at radius 2 is 1.96 bits per heavy atom. The molecule has 1 atom stereocenters. The molecule has 6 heteroatoms. The van der Waals surface area contributed by atoms with Crippen molar-refractivity contribution in [2.24, 2.45) is 0 Å². The van der Waals surface area contributed by atoms with E-state index in [1.54, 1.807) is 6.20 Å². The number of aromatic nitrogens is 2. The molecule has 1 aromatic heterocycles. The first-order valence-electron chi connectivity index (χ1n) is 10.1. The molecule has 0 fully saturated rings. The number of hydrogen-bond donors (Lipinski definition) is 1. The van der Waals surface area contributed by atoms with Crippen LogP contribution in [0.3, 0.4) is 0 Å². The molecule has 0 spiro atoms. The van der Waals surface area contributed by atoms with Crippen molar-refractivity contribution in [1.29, 1.82) is 0 Å². The van der Waals surface area contributed by atoms with Gasteiger partial charge in [0.15, 0.2) is 6.10 Å². The zero-order valence-electron chi connectivity index (χ0n) is 16.9. The standard InChI is InChI=1S/C22H31N3O3/c1-3-25-17-16-24-22(25)20(14-13-19-10-6-4-7-11-19)28-21(27)12-8-5-9-15-23-18(2)26/h4,6-7,10-11,16-17,20H,3,5,8-9,12-15H2,1-2H3,(H,23,26)/t20-/m1/s1. The SMILES string of the molecule is CCn1ccnc1[C@@H](CCc1ccccc1)OC(=O)CCCCCNC(C)=O. The number of carbonyl (C=O) groups is 2. The molecule has 1 aromatic carbocycles. The third-order valence-corrected chi connectivity index (χ3v) is 4.62. The van der Waals surface area contributed by atoms with Crippen molar-refractivity contribution in [2.45, 2.75) is 65.0 Å². The first-order valence-corrected chi connectivity index (χ1v) is 10.1. The van der Waals surface area contributed by atoms with Crippen LogP contribution in [0.5, 0.6) is 0 Å². The molecule has 0 saturated carbocycles. The minimum atomic E-state index is -0.345. The van der Waals surface area contributed by atoms with E-state index in [0.29, 0.717) is 19.4 Å². The average Bonchev–Trinajstić information content (AvgIpc) is 3.17. The lowest BCUT2D eigenvalue weighted by Crippen LogP contribution is -2.20. The first kappa shape index (κ1) is 21.7. The molecule has 1 heterocycles. The van der Waals surface area contributed by atoms with Crippen LogP contribution in [0.15, 0.2) is 42.7 Å². The molecule has 0 radical (unpaired) electrons. The quantitative estimate of drug-likeness (QED) is 0.445. The summed E-state index contributed by atoms with van der Waals surface area (Å²) in [5.41, 5.74) is 1.22. The molecule has 1 N–H and O–H groups in total. The Hall–Kier alpha value is -2.63. The van der Waals surface area contributed by atoms with Crippen LogP contribution in [-0.4, -0.2) is 28.0 Å². The fourth-order valence-electron chi connectivity index (χ4n) is 3.11. The van der Waals surface area contributed by atoms with Gasteiger partial charge in [-0.15, -0.1) is 0 Å². The maximum absolute atomic E-state index is 12.4. The number of ether oxygens (including phenoxy) is 1. The van der Waals surface area contributed by atoms with Gasteiger partial charge in [0, 0.05) is 38.8 Å². The molecule has 0 bridgehead atoms. The van der Waals surface area contributed by atoms with Crippen LogP contribution in [-0.2, 0) is 27.3 Å². The minimum Gasteiger partial charge on any atom is -0.454 e. The van der Waals surface area contributed by atoms with Gasteiger partial charge in [-0.1, -0.05) is 36.8 Å². The van der Waals surface area contributed by atoms with Crippen LogP contribution >= 0.6 is 0 Å². The maximum atomic E-state index is 12.4. The Bertz CT molecular complexity index is 728. The highest BCUT2D eigenvalue weighted by Gasteiger charge is 2.21. The lowest BCUT2D eigenvalue weighted by atomic mass is 10.1. The number of hydrogen-bond acceptors (Lipinski definition) is 4. The predicted molar refractivity (Wildman–Crippen MR) is 109 cm³/mol. The molecular formula is C22H31N3O3. The van der Waals surface area contributed by atoms with Crippen LogP contribution in [0.2, 0.25) is 0 Å². The van der Waals surface area contributed by atoms with Crippen molar-refractivity contribution >= 4 is 11.9 Å². The molecule has 2 aromatic rings. The summed E-state index contributed by atoms with van der Waals surface area (Å²) >= 11 is 0. The number of esters is 1. The molecular weight excluding hydrogens is 354 g/mol. The van der Waals surface area contributed by atoms with Crippen LogP contribution in [0.25, 0.3) is 0 Å². The molecule has 2 rings (SSSR count). The van der Waals surface area contributed by atoms with Crippen molar-refractivity contribution < 1.29 is 14.3 Å². The Morgan fingerprint density at radius 3 is 2.68 bits per heavy atom. The highest BCUT2D eigenvalue weighted by atomic mass is 16.5. The van der Waals surface area contributed by atoms with Crippen LogP contribution in [0, 0.1) is 0 Å². The molecule has 0 aliphatic rings. The largest absolute Gasteiger partial charge is 0.454 e.